The van der Waals surface area contributed by atoms with Crippen LogP contribution in [0.2, 0.25) is 0 Å². The highest BCUT2D eigenvalue weighted by molar-refractivity contribution is 5.08. The summed E-state index contributed by atoms with van der Waals surface area (Å²) < 4.78 is 0. The van der Waals surface area contributed by atoms with Crippen molar-refractivity contribution in [2.24, 2.45) is 28.6 Å². The highest BCUT2D eigenvalue weighted by atomic mass is 14.5. The van der Waals surface area contributed by atoms with Crippen molar-refractivity contribution in [3.63, 3.8) is 0 Å². The van der Waals surface area contributed by atoms with E-state index >= 15 is 0 Å². The standard InChI is InChI=1S/C16H26N2/c1-15(2,3)12-7-6-8-13(9-12)16(4,5)14(10-17)11-18/h12-14H,6-9H2,1-5H3/t12-,13+/m1/s1. The van der Waals surface area contributed by atoms with Crippen LogP contribution in [0.4, 0.5) is 0 Å². The molecule has 0 heterocycles. The molecule has 0 spiro atoms. The van der Waals surface area contributed by atoms with Crippen LogP contribution in [0.1, 0.15) is 60.3 Å². The summed E-state index contributed by atoms with van der Waals surface area (Å²) in [6.45, 7) is 11.1. The predicted octanol–water partition coefficient (Wildman–Crippen LogP) is 4.53. The summed E-state index contributed by atoms with van der Waals surface area (Å²) in [5.41, 5.74) is 0.150. The van der Waals surface area contributed by atoms with Gasteiger partial charge < -0.3 is 0 Å². The number of hydrogen-bond donors (Lipinski definition) is 0. The summed E-state index contributed by atoms with van der Waals surface area (Å²) in [6, 6.07) is 4.36. The SMILES string of the molecule is CC(C)(C)[C@@H]1CCC[C@H](C(C)(C)C(C#N)C#N)C1. The van der Waals surface area contributed by atoms with Crippen LogP contribution in [0, 0.1) is 51.2 Å². The zero-order valence-electron chi connectivity index (χ0n) is 12.5. The Balaban J connectivity index is 2.85. The fourth-order valence-corrected chi connectivity index (χ4v) is 3.25. The van der Waals surface area contributed by atoms with E-state index in [2.05, 4.69) is 46.8 Å². The van der Waals surface area contributed by atoms with E-state index in [0.717, 1.165) is 6.42 Å². The number of rotatable bonds is 2. The molecule has 0 aromatic carbocycles. The Labute approximate surface area is 112 Å². The van der Waals surface area contributed by atoms with E-state index in [4.69, 9.17) is 10.5 Å². The maximum absolute atomic E-state index is 9.15. The van der Waals surface area contributed by atoms with Crippen molar-refractivity contribution in [1.82, 2.24) is 0 Å². The zero-order valence-corrected chi connectivity index (χ0v) is 12.5. The molecule has 2 atom stereocenters. The van der Waals surface area contributed by atoms with Gasteiger partial charge in [-0.3, -0.25) is 0 Å². The lowest BCUT2D eigenvalue weighted by Crippen LogP contribution is -2.37. The van der Waals surface area contributed by atoms with Gasteiger partial charge in [0, 0.05) is 0 Å². The number of hydrogen-bond acceptors (Lipinski definition) is 2. The van der Waals surface area contributed by atoms with Crippen molar-refractivity contribution < 1.29 is 0 Å². The van der Waals surface area contributed by atoms with E-state index in [9.17, 15) is 0 Å². The van der Waals surface area contributed by atoms with Crippen LogP contribution in [0.5, 0.6) is 0 Å². The second-order valence-electron chi connectivity index (χ2n) is 7.44. The molecule has 0 saturated heterocycles. The molecule has 0 aromatic rings. The Morgan fingerprint density at radius 2 is 1.44 bits per heavy atom. The van der Waals surface area contributed by atoms with Crippen LogP contribution < -0.4 is 0 Å². The average molecular weight is 246 g/mol. The molecule has 1 saturated carbocycles. The monoisotopic (exact) mass is 246 g/mol. The summed E-state index contributed by atoms with van der Waals surface area (Å²) >= 11 is 0. The molecule has 0 unspecified atom stereocenters. The molecule has 2 nitrogen and oxygen atoms in total. The first-order chi connectivity index (χ1) is 8.23. The van der Waals surface area contributed by atoms with Crippen LogP contribution in [-0.4, -0.2) is 0 Å². The maximum atomic E-state index is 9.15. The van der Waals surface area contributed by atoms with E-state index in [1.165, 1.54) is 19.3 Å². The Hall–Kier alpha value is -1.02. The third-order valence-electron chi connectivity index (χ3n) is 4.95. The second-order valence-corrected chi connectivity index (χ2v) is 7.44. The van der Waals surface area contributed by atoms with Crippen molar-refractivity contribution in [2.75, 3.05) is 0 Å². The van der Waals surface area contributed by atoms with Crippen molar-refractivity contribution >= 4 is 0 Å². The fourth-order valence-electron chi connectivity index (χ4n) is 3.25. The normalized spacial score (nSPS) is 25.6. The van der Waals surface area contributed by atoms with Crippen LogP contribution in [-0.2, 0) is 0 Å². The van der Waals surface area contributed by atoms with Gasteiger partial charge >= 0.3 is 0 Å². The van der Waals surface area contributed by atoms with Gasteiger partial charge in [-0.25, -0.2) is 0 Å². The second kappa shape index (κ2) is 5.31. The Kier molecular flexibility index (Phi) is 4.44. The number of nitriles is 2. The molecule has 0 aliphatic heterocycles. The Morgan fingerprint density at radius 1 is 0.944 bits per heavy atom. The smallest absolute Gasteiger partial charge is 0.138 e. The summed E-state index contributed by atoms with van der Waals surface area (Å²) in [5, 5.41) is 18.3. The maximum Gasteiger partial charge on any atom is 0.138 e. The van der Waals surface area contributed by atoms with Crippen molar-refractivity contribution in [2.45, 2.75) is 60.3 Å². The van der Waals surface area contributed by atoms with Gasteiger partial charge in [-0.2, -0.15) is 10.5 Å². The van der Waals surface area contributed by atoms with Gasteiger partial charge in [0.25, 0.3) is 0 Å². The predicted molar refractivity (Wildman–Crippen MR) is 73.4 cm³/mol. The molecule has 0 radical (unpaired) electrons. The highest BCUT2D eigenvalue weighted by Gasteiger charge is 2.42. The van der Waals surface area contributed by atoms with E-state index in [1.54, 1.807) is 0 Å². The molecule has 18 heavy (non-hydrogen) atoms. The van der Waals surface area contributed by atoms with E-state index < -0.39 is 5.92 Å². The van der Waals surface area contributed by atoms with E-state index in [0.29, 0.717) is 17.3 Å². The van der Waals surface area contributed by atoms with Crippen LogP contribution in [0.3, 0.4) is 0 Å². The molecule has 0 N–H and O–H groups in total. The molecule has 0 bridgehead atoms. The van der Waals surface area contributed by atoms with Crippen molar-refractivity contribution in [1.29, 1.82) is 10.5 Å². The first kappa shape index (κ1) is 15.0. The lowest BCUT2D eigenvalue weighted by molar-refractivity contribution is 0.0619. The number of nitrogens with zero attached hydrogens (tertiary/aromatic N) is 2. The zero-order chi connectivity index (χ0) is 14.0. The first-order valence-corrected chi connectivity index (χ1v) is 7.02. The third kappa shape index (κ3) is 3.05. The fraction of sp³-hybridized carbons (Fsp3) is 0.875. The lowest BCUT2D eigenvalue weighted by Gasteiger charge is -2.44. The Bertz CT molecular complexity index is 348. The molecular formula is C16H26N2. The molecule has 1 aliphatic carbocycles. The largest absolute Gasteiger partial charge is 0.197 e. The molecule has 1 rings (SSSR count). The molecule has 100 valence electrons. The Morgan fingerprint density at radius 3 is 1.89 bits per heavy atom. The highest BCUT2D eigenvalue weighted by Crippen LogP contribution is 2.48. The van der Waals surface area contributed by atoms with Crippen LogP contribution >= 0.6 is 0 Å². The molecule has 0 amide bonds. The quantitative estimate of drug-likeness (QED) is 0.718. The average Bonchev–Trinajstić information content (AvgIpc) is 2.29. The molecule has 0 aromatic heterocycles. The summed E-state index contributed by atoms with van der Waals surface area (Å²) in [4.78, 5) is 0. The molecule has 1 aliphatic rings. The molecule has 2 heteroatoms. The summed E-state index contributed by atoms with van der Waals surface area (Å²) in [5.74, 6) is 0.731. The molecular weight excluding hydrogens is 220 g/mol. The van der Waals surface area contributed by atoms with Crippen LogP contribution in [0.25, 0.3) is 0 Å². The third-order valence-corrected chi connectivity index (χ3v) is 4.95. The van der Waals surface area contributed by atoms with Gasteiger partial charge in [-0.1, -0.05) is 41.0 Å². The van der Waals surface area contributed by atoms with Crippen LogP contribution in [0.15, 0.2) is 0 Å². The van der Waals surface area contributed by atoms with Gasteiger partial charge in [-0.15, -0.1) is 0 Å². The van der Waals surface area contributed by atoms with E-state index in [1.807, 2.05) is 0 Å². The van der Waals surface area contributed by atoms with Gasteiger partial charge in [0.2, 0.25) is 0 Å². The minimum atomic E-state index is -0.485. The minimum Gasteiger partial charge on any atom is -0.197 e. The lowest BCUT2D eigenvalue weighted by atomic mass is 9.60. The van der Waals surface area contributed by atoms with Crippen molar-refractivity contribution in [3.05, 3.63) is 0 Å². The van der Waals surface area contributed by atoms with Crippen molar-refractivity contribution in [3.8, 4) is 12.1 Å². The van der Waals surface area contributed by atoms with Gasteiger partial charge in [0.1, 0.15) is 5.92 Å². The van der Waals surface area contributed by atoms with Gasteiger partial charge in [0.15, 0.2) is 0 Å². The minimum absolute atomic E-state index is 0.187. The first-order valence-electron chi connectivity index (χ1n) is 7.02. The van der Waals surface area contributed by atoms with Gasteiger partial charge in [-0.05, 0) is 41.9 Å². The van der Waals surface area contributed by atoms with Gasteiger partial charge in [0.05, 0.1) is 12.1 Å². The summed E-state index contributed by atoms with van der Waals surface area (Å²) in [6.07, 6.45) is 4.86. The van der Waals surface area contributed by atoms with E-state index in [-0.39, 0.29) is 5.41 Å². The topological polar surface area (TPSA) is 47.6 Å². The molecule has 1 fully saturated rings. The summed E-state index contributed by atoms with van der Waals surface area (Å²) in [7, 11) is 0.